The molecule has 96 valence electrons. The summed E-state index contributed by atoms with van der Waals surface area (Å²) in [6, 6.07) is 2.26. The van der Waals surface area contributed by atoms with Gasteiger partial charge in [0, 0.05) is 24.7 Å². The van der Waals surface area contributed by atoms with Crippen LogP contribution in [0.3, 0.4) is 0 Å². The fraction of sp³-hybridized carbons (Fsp3) is 1.00. The number of nitrogens with zero attached hydrogens (tertiary/aromatic N) is 1. The van der Waals surface area contributed by atoms with Crippen LogP contribution in [0.2, 0.25) is 0 Å². The van der Waals surface area contributed by atoms with Crippen LogP contribution in [0.1, 0.15) is 59.8 Å². The molecule has 0 saturated heterocycles. The van der Waals surface area contributed by atoms with Crippen LogP contribution in [0.25, 0.3) is 0 Å². The summed E-state index contributed by atoms with van der Waals surface area (Å²) in [6.45, 7) is 11.7. The van der Waals surface area contributed by atoms with Crippen LogP contribution in [0.4, 0.5) is 0 Å². The van der Waals surface area contributed by atoms with E-state index in [4.69, 9.17) is 0 Å². The summed E-state index contributed by atoms with van der Waals surface area (Å²) in [7, 11) is 0. The molecule has 0 radical (unpaired) electrons. The third-order valence-corrected chi connectivity index (χ3v) is 3.46. The lowest BCUT2D eigenvalue weighted by Gasteiger charge is -2.35. The van der Waals surface area contributed by atoms with Gasteiger partial charge in [-0.05, 0) is 46.1 Å². The normalized spacial score (nSPS) is 18.4. The van der Waals surface area contributed by atoms with Gasteiger partial charge in [-0.1, -0.05) is 20.3 Å². The maximum Gasteiger partial charge on any atom is 0.0223 e. The maximum absolute atomic E-state index is 3.69. The molecule has 0 aliphatic heterocycles. The van der Waals surface area contributed by atoms with Gasteiger partial charge in [-0.15, -0.1) is 0 Å². The quantitative estimate of drug-likeness (QED) is 0.650. The number of hydrogen-bond acceptors (Lipinski definition) is 2. The third kappa shape index (κ3) is 4.84. The molecule has 0 spiro atoms. The SMILES string of the molecule is CCCC(CNC1CC1)N(CCC)C(C)C. The highest BCUT2D eigenvalue weighted by Gasteiger charge is 2.24. The van der Waals surface area contributed by atoms with Crippen molar-refractivity contribution in [1.29, 1.82) is 0 Å². The summed E-state index contributed by atoms with van der Waals surface area (Å²) >= 11 is 0. The van der Waals surface area contributed by atoms with Crippen molar-refractivity contribution >= 4 is 0 Å². The van der Waals surface area contributed by atoms with E-state index in [-0.39, 0.29) is 0 Å². The Morgan fingerprint density at radius 2 is 1.88 bits per heavy atom. The topological polar surface area (TPSA) is 15.3 Å². The zero-order chi connectivity index (χ0) is 12.0. The fourth-order valence-electron chi connectivity index (χ4n) is 2.43. The van der Waals surface area contributed by atoms with Gasteiger partial charge in [0.1, 0.15) is 0 Å². The summed E-state index contributed by atoms with van der Waals surface area (Å²) in [4.78, 5) is 2.68. The van der Waals surface area contributed by atoms with Gasteiger partial charge < -0.3 is 5.32 Å². The molecular formula is C14H30N2. The Labute approximate surface area is 102 Å². The molecule has 0 heterocycles. The molecule has 1 unspecified atom stereocenters. The Bertz CT molecular complexity index is 176. The Kier molecular flexibility index (Phi) is 6.37. The third-order valence-electron chi connectivity index (χ3n) is 3.46. The average Bonchev–Trinajstić information content (AvgIpc) is 3.04. The van der Waals surface area contributed by atoms with Crippen molar-refractivity contribution in [2.45, 2.75) is 77.9 Å². The first kappa shape index (κ1) is 14.0. The second-order valence-electron chi connectivity index (χ2n) is 5.46. The molecule has 1 aliphatic carbocycles. The van der Waals surface area contributed by atoms with Crippen molar-refractivity contribution in [3.63, 3.8) is 0 Å². The Hall–Kier alpha value is -0.0800. The molecule has 0 amide bonds. The predicted octanol–water partition coefficient (Wildman–Crippen LogP) is 3.03. The van der Waals surface area contributed by atoms with Gasteiger partial charge in [0.05, 0.1) is 0 Å². The summed E-state index contributed by atoms with van der Waals surface area (Å²) in [5, 5.41) is 3.69. The first-order chi connectivity index (χ1) is 7.69. The van der Waals surface area contributed by atoms with Crippen molar-refractivity contribution in [2.75, 3.05) is 13.1 Å². The van der Waals surface area contributed by atoms with Crippen molar-refractivity contribution < 1.29 is 0 Å². The van der Waals surface area contributed by atoms with Gasteiger partial charge in [0.25, 0.3) is 0 Å². The van der Waals surface area contributed by atoms with E-state index in [1.54, 1.807) is 0 Å². The molecule has 1 atom stereocenters. The fourth-order valence-corrected chi connectivity index (χ4v) is 2.43. The molecule has 16 heavy (non-hydrogen) atoms. The van der Waals surface area contributed by atoms with Gasteiger partial charge in [0.15, 0.2) is 0 Å². The largest absolute Gasteiger partial charge is 0.312 e. The lowest BCUT2D eigenvalue weighted by atomic mass is 10.1. The molecule has 2 heteroatoms. The molecule has 0 aromatic carbocycles. The highest BCUT2D eigenvalue weighted by atomic mass is 15.2. The van der Waals surface area contributed by atoms with Crippen molar-refractivity contribution in [3.05, 3.63) is 0 Å². The van der Waals surface area contributed by atoms with Crippen LogP contribution < -0.4 is 5.32 Å². The molecule has 1 rings (SSSR count). The lowest BCUT2D eigenvalue weighted by Crippen LogP contribution is -2.46. The average molecular weight is 226 g/mol. The minimum atomic E-state index is 0.678. The monoisotopic (exact) mass is 226 g/mol. The molecule has 1 saturated carbocycles. The molecule has 1 aliphatic rings. The molecule has 1 fully saturated rings. The van der Waals surface area contributed by atoms with Crippen LogP contribution in [-0.2, 0) is 0 Å². The van der Waals surface area contributed by atoms with Gasteiger partial charge in [-0.25, -0.2) is 0 Å². The number of hydrogen-bond donors (Lipinski definition) is 1. The van der Waals surface area contributed by atoms with E-state index in [1.165, 1.54) is 45.2 Å². The predicted molar refractivity (Wildman–Crippen MR) is 71.9 cm³/mol. The van der Waals surface area contributed by atoms with E-state index in [0.717, 1.165) is 12.1 Å². The van der Waals surface area contributed by atoms with E-state index in [9.17, 15) is 0 Å². The molecule has 0 aromatic rings. The summed E-state index contributed by atoms with van der Waals surface area (Å²) in [5.41, 5.74) is 0. The Morgan fingerprint density at radius 1 is 1.19 bits per heavy atom. The van der Waals surface area contributed by atoms with Gasteiger partial charge in [-0.2, -0.15) is 0 Å². The summed E-state index contributed by atoms with van der Waals surface area (Å²) in [5.74, 6) is 0. The Balaban J connectivity index is 2.41. The van der Waals surface area contributed by atoms with Gasteiger partial charge in [-0.3, -0.25) is 4.90 Å². The first-order valence-corrected chi connectivity index (χ1v) is 7.18. The van der Waals surface area contributed by atoms with Crippen molar-refractivity contribution in [1.82, 2.24) is 10.2 Å². The number of rotatable bonds is 9. The summed E-state index contributed by atoms with van der Waals surface area (Å²) < 4.78 is 0. The van der Waals surface area contributed by atoms with Crippen LogP contribution in [0.15, 0.2) is 0 Å². The second kappa shape index (κ2) is 7.29. The van der Waals surface area contributed by atoms with E-state index < -0.39 is 0 Å². The molecule has 2 nitrogen and oxygen atoms in total. The lowest BCUT2D eigenvalue weighted by molar-refractivity contribution is 0.141. The second-order valence-corrected chi connectivity index (χ2v) is 5.46. The van der Waals surface area contributed by atoms with Crippen LogP contribution >= 0.6 is 0 Å². The van der Waals surface area contributed by atoms with Gasteiger partial charge in [0.2, 0.25) is 0 Å². The zero-order valence-corrected chi connectivity index (χ0v) is 11.6. The minimum Gasteiger partial charge on any atom is -0.312 e. The van der Waals surface area contributed by atoms with E-state index >= 15 is 0 Å². The van der Waals surface area contributed by atoms with Crippen LogP contribution in [0.5, 0.6) is 0 Å². The molecule has 0 aromatic heterocycles. The van der Waals surface area contributed by atoms with E-state index in [1.807, 2.05) is 0 Å². The van der Waals surface area contributed by atoms with E-state index in [2.05, 4.69) is 37.9 Å². The first-order valence-electron chi connectivity index (χ1n) is 7.18. The number of nitrogens with one attached hydrogen (secondary N) is 1. The van der Waals surface area contributed by atoms with Crippen LogP contribution in [-0.4, -0.2) is 36.1 Å². The van der Waals surface area contributed by atoms with Crippen molar-refractivity contribution in [3.8, 4) is 0 Å². The minimum absolute atomic E-state index is 0.678. The smallest absolute Gasteiger partial charge is 0.0223 e. The molecular weight excluding hydrogens is 196 g/mol. The maximum atomic E-state index is 3.69. The molecule has 1 N–H and O–H groups in total. The van der Waals surface area contributed by atoms with Crippen LogP contribution in [0, 0.1) is 0 Å². The van der Waals surface area contributed by atoms with E-state index in [0.29, 0.717) is 6.04 Å². The molecule has 0 bridgehead atoms. The Morgan fingerprint density at radius 3 is 2.31 bits per heavy atom. The van der Waals surface area contributed by atoms with Crippen molar-refractivity contribution in [2.24, 2.45) is 0 Å². The zero-order valence-electron chi connectivity index (χ0n) is 11.6. The standard InChI is InChI=1S/C14H30N2/c1-5-7-14(11-15-13-8-9-13)16(10-6-2)12(3)4/h12-15H,5-11H2,1-4H3. The van der Waals surface area contributed by atoms with Gasteiger partial charge >= 0.3 is 0 Å². The highest BCUT2D eigenvalue weighted by molar-refractivity contribution is 4.84. The summed E-state index contributed by atoms with van der Waals surface area (Å²) in [6.07, 6.45) is 6.69. The highest BCUT2D eigenvalue weighted by Crippen LogP contribution is 2.20.